The van der Waals surface area contributed by atoms with Gasteiger partial charge in [0.2, 0.25) is 5.91 Å². The van der Waals surface area contributed by atoms with E-state index in [9.17, 15) is 13.6 Å². The lowest BCUT2D eigenvalue weighted by atomic mass is 10.1. The van der Waals surface area contributed by atoms with Crippen molar-refractivity contribution in [3.05, 3.63) is 36.0 Å². The minimum absolute atomic E-state index is 0.131. The number of nitrogens with zero attached hydrogens (tertiary/aromatic N) is 2. The van der Waals surface area contributed by atoms with Gasteiger partial charge in [0.1, 0.15) is 11.3 Å². The molecule has 1 fully saturated rings. The van der Waals surface area contributed by atoms with Crippen molar-refractivity contribution in [3.8, 4) is 0 Å². The second-order valence-corrected chi connectivity index (χ2v) is 4.95. The fraction of sp³-hybridized carbons (Fsp3) is 0.286. The Balaban J connectivity index is 2.06. The van der Waals surface area contributed by atoms with Gasteiger partial charge in [-0.25, -0.2) is 8.78 Å². The molecule has 1 aliphatic heterocycles. The summed E-state index contributed by atoms with van der Waals surface area (Å²) in [6.45, 7) is 1.09. The molecule has 20 heavy (non-hydrogen) atoms. The first-order valence-corrected chi connectivity index (χ1v) is 6.34. The molecule has 1 aromatic carbocycles. The number of hydrogen-bond donors (Lipinski definition) is 1. The van der Waals surface area contributed by atoms with Crippen molar-refractivity contribution in [2.45, 2.75) is 6.42 Å². The zero-order valence-corrected chi connectivity index (χ0v) is 10.6. The number of primary amides is 1. The highest BCUT2D eigenvalue weighted by atomic mass is 19.1. The van der Waals surface area contributed by atoms with E-state index < -0.39 is 11.6 Å². The van der Waals surface area contributed by atoms with Crippen LogP contribution in [0.3, 0.4) is 0 Å². The van der Waals surface area contributed by atoms with Crippen molar-refractivity contribution in [1.29, 1.82) is 0 Å². The van der Waals surface area contributed by atoms with Gasteiger partial charge in [-0.15, -0.1) is 0 Å². The van der Waals surface area contributed by atoms with E-state index in [4.69, 9.17) is 5.73 Å². The van der Waals surface area contributed by atoms with Crippen LogP contribution in [0.2, 0.25) is 0 Å². The smallest absolute Gasteiger partial charge is 0.222 e. The van der Waals surface area contributed by atoms with Crippen LogP contribution >= 0.6 is 0 Å². The molecule has 0 spiro atoms. The largest absolute Gasteiger partial charge is 0.370 e. The van der Waals surface area contributed by atoms with Crippen LogP contribution in [0, 0.1) is 17.6 Å². The summed E-state index contributed by atoms with van der Waals surface area (Å²) in [5.74, 6) is -1.90. The van der Waals surface area contributed by atoms with Gasteiger partial charge >= 0.3 is 0 Å². The Morgan fingerprint density at radius 2 is 2.20 bits per heavy atom. The number of halogens is 2. The molecule has 0 saturated carbocycles. The molecule has 2 N–H and O–H groups in total. The van der Waals surface area contributed by atoms with Crippen LogP contribution in [0.15, 0.2) is 24.4 Å². The molecule has 6 heteroatoms. The van der Waals surface area contributed by atoms with Crippen molar-refractivity contribution in [2.24, 2.45) is 11.7 Å². The standard InChI is InChI=1S/C14H13F2N3O/c15-9-5-10-12(1-3-18-13(10)11(16)6-9)19-4-2-8(7-19)14(17)20/h1,3,5-6,8H,2,4,7H2,(H2,17,20). The number of carbonyl (C=O) groups is 1. The molecular weight excluding hydrogens is 264 g/mol. The number of benzene rings is 1. The van der Waals surface area contributed by atoms with Gasteiger partial charge in [-0.1, -0.05) is 0 Å². The highest BCUT2D eigenvalue weighted by Gasteiger charge is 2.28. The maximum Gasteiger partial charge on any atom is 0.222 e. The van der Waals surface area contributed by atoms with E-state index in [1.54, 1.807) is 6.07 Å². The summed E-state index contributed by atoms with van der Waals surface area (Å²) in [5.41, 5.74) is 6.11. The average Bonchev–Trinajstić information content (AvgIpc) is 2.87. The molecule has 0 aliphatic carbocycles. The molecular formula is C14H13F2N3O. The van der Waals surface area contributed by atoms with E-state index in [-0.39, 0.29) is 17.3 Å². The summed E-state index contributed by atoms with van der Waals surface area (Å²) in [6, 6.07) is 3.78. The highest BCUT2D eigenvalue weighted by Crippen LogP contribution is 2.31. The van der Waals surface area contributed by atoms with Crippen LogP contribution in [0.5, 0.6) is 0 Å². The van der Waals surface area contributed by atoms with Crippen molar-refractivity contribution >= 4 is 22.5 Å². The molecule has 0 radical (unpaired) electrons. The predicted molar refractivity (Wildman–Crippen MR) is 71.2 cm³/mol. The normalized spacial score (nSPS) is 18.7. The number of rotatable bonds is 2. The SMILES string of the molecule is NC(=O)C1CCN(c2ccnc3c(F)cc(F)cc23)C1. The molecule has 1 saturated heterocycles. The maximum atomic E-state index is 13.7. The second-order valence-electron chi connectivity index (χ2n) is 4.95. The van der Waals surface area contributed by atoms with Crippen molar-refractivity contribution in [3.63, 3.8) is 0 Å². The van der Waals surface area contributed by atoms with Crippen molar-refractivity contribution < 1.29 is 13.6 Å². The molecule has 1 unspecified atom stereocenters. The van der Waals surface area contributed by atoms with Gasteiger partial charge in [-0.3, -0.25) is 9.78 Å². The Morgan fingerprint density at radius 3 is 2.90 bits per heavy atom. The van der Waals surface area contributed by atoms with Crippen LogP contribution in [0.25, 0.3) is 10.9 Å². The first-order chi connectivity index (χ1) is 9.56. The Labute approximate surface area is 114 Å². The molecule has 104 valence electrons. The van der Waals surface area contributed by atoms with Gasteiger partial charge in [0.25, 0.3) is 0 Å². The third kappa shape index (κ3) is 2.07. The number of hydrogen-bond acceptors (Lipinski definition) is 3. The van der Waals surface area contributed by atoms with E-state index in [0.717, 1.165) is 6.07 Å². The lowest BCUT2D eigenvalue weighted by Crippen LogP contribution is -2.27. The quantitative estimate of drug-likeness (QED) is 0.911. The third-order valence-electron chi connectivity index (χ3n) is 3.67. The predicted octanol–water partition coefficient (Wildman–Crippen LogP) is 1.82. The lowest BCUT2D eigenvalue weighted by molar-refractivity contribution is -0.121. The summed E-state index contributed by atoms with van der Waals surface area (Å²) in [4.78, 5) is 17.1. The van der Waals surface area contributed by atoms with Crippen LogP contribution in [-0.2, 0) is 4.79 Å². The summed E-state index contributed by atoms with van der Waals surface area (Å²) in [7, 11) is 0. The minimum atomic E-state index is -0.688. The number of aromatic nitrogens is 1. The van der Waals surface area contributed by atoms with Gasteiger partial charge in [0, 0.05) is 36.4 Å². The second kappa shape index (κ2) is 4.70. The Kier molecular flexibility index (Phi) is 3.00. The van der Waals surface area contributed by atoms with Gasteiger partial charge in [-0.2, -0.15) is 0 Å². The van der Waals surface area contributed by atoms with Crippen molar-refractivity contribution in [1.82, 2.24) is 4.98 Å². The number of amides is 1. The zero-order chi connectivity index (χ0) is 14.3. The van der Waals surface area contributed by atoms with Gasteiger partial charge in [0.05, 0.1) is 5.92 Å². The van der Waals surface area contributed by atoms with E-state index >= 15 is 0 Å². The molecule has 0 bridgehead atoms. The van der Waals surface area contributed by atoms with Crippen LogP contribution in [0.1, 0.15) is 6.42 Å². The number of anilines is 1. The maximum absolute atomic E-state index is 13.7. The highest BCUT2D eigenvalue weighted by molar-refractivity contribution is 5.92. The number of pyridine rings is 1. The molecule has 1 atom stereocenters. The molecule has 1 amide bonds. The fourth-order valence-electron chi connectivity index (χ4n) is 2.65. The Hall–Kier alpha value is -2.24. The molecule has 1 aromatic heterocycles. The number of fused-ring (bicyclic) bond motifs is 1. The molecule has 4 nitrogen and oxygen atoms in total. The first kappa shape index (κ1) is 12.8. The Morgan fingerprint density at radius 1 is 1.40 bits per heavy atom. The summed E-state index contributed by atoms with van der Waals surface area (Å²) >= 11 is 0. The van der Waals surface area contributed by atoms with Gasteiger partial charge in [-0.05, 0) is 18.6 Å². The summed E-state index contributed by atoms with van der Waals surface area (Å²) in [6.07, 6.45) is 2.13. The lowest BCUT2D eigenvalue weighted by Gasteiger charge is -2.20. The van der Waals surface area contributed by atoms with Crippen LogP contribution in [-0.4, -0.2) is 24.0 Å². The van der Waals surface area contributed by atoms with Crippen molar-refractivity contribution in [2.75, 3.05) is 18.0 Å². The number of nitrogens with two attached hydrogens (primary N) is 1. The fourth-order valence-corrected chi connectivity index (χ4v) is 2.65. The summed E-state index contributed by atoms with van der Waals surface area (Å²) in [5, 5.41) is 0.412. The third-order valence-corrected chi connectivity index (χ3v) is 3.67. The average molecular weight is 277 g/mol. The molecule has 1 aliphatic rings. The zero-order valence-electron chi connectivity index (χ0n) is 10.6. The van der Waals surface area contributed by atoms with E-state index in [1.165, 1.54) is 12.3 Å². The topological polar surface area (TPSA) is 59.2 Å². The Bertz CT molecular complexity index is 689. The minimum Gasteiger partial charge on any atom is -0.370 e. The van der Waals surface area contributed by atoms with E-state index in [2.05, 4.69) is 4.98 Å². The molecule has 3 rings (SSSR count). The van der Waals surface area contributed by atoms with E-state index in [0.29, 0.717) is 30.6 Å². The van der Waals surface area contributed by atoms with Crippen LogP contribution in [0.4, 0.5) is 14.5 Å². The first-order valence-electron chi connectivity index (χ1n) is 6.34. The van der Waals surface area contributed by atoms with Crippen LogP contribution < -0.4 is 10.6 Å². The molecule has 2 aromatic rings. The van der Waals surface area contributed by atoms with Gasteiger partial charge in [0.15, 0.2) is 5.82 Å². The van der Waals surface area contributed by atoms with E-state index in [1.807, 2.05) is 4.90 Å². The molecule has 2 heterocycles. The van der Waals surface area contributed by atoms with Gasteiger partial charge < -0.3 is 10.6 Å². The monoisotopic (exact) mass is 277 g/mol. The summed E-state index contributed by atoms with van der Waals surface area (Å²) < 4.78 is 27.1. The number of carbonyl (C=O) groups excluding carboxylic acids is 1.